The molecule has 166 valence electrons. The van der Waals surface area contributed by atoms with Gasteiger partial charge in [-0.25, -0.2) is 4.79 Å². The summed E-state index contributed by atoms with van der Waals surface area (Å²) in [5, 5.41) is 5.59. The van der Waals surface area contributed by atoms with Crippen LogP contribution >= 0.6 is 0 Å². The molecule has 0 fully saturated rings. The lowest BCUT2D eigenvalue weighted by atomic mass is 10.1. The molecule has 0 saturated heterocycles. The lowest BCUT2D eigenvalue weighted by molar-refractivity contribution is -0.121. The van der Waals surface area contributed by atoms with Crippen LogP contribution in [0, 0.1) is 0 Å². The number of carbonyl (C=O) groups is 3. The Morgan fingerprint density at radius 1 is 0.871 bits per heavy atom. The van der Waals surface area contributed by atoms with Crippen molar-refractivity contribution in [3.05, 3.63) is 71.3 Å². The molecule has 0 saturated carbocycles. The molecule has 0 aromatic heterocycles. The van der Waals surface area contributed by atoms with E-state index in [1.165, 1.54) is 0 Å². The van der Waals surface area contributed by atoms with Crippen molar-refractivity contribution in [2.45, 2.75) is 39.4 Å². The number of nitrogens with one attached hydrogen (secondary N) is 2. The summed E-state index contributed by atoms with van der Waals surface area (Å²) in [6.45, 7) is 5.06. The second kappa shape index (κ2) is 11.7. The molecule has 2 aromatic carbocycles. The molecule has 0 unspecified atom stereocenters. The number of amides is 4. The number of hydrogen-bond donors (Lipinski definition) is 2. The van der Waals surface area contributed by atoms with Gasteiger partial charge in [-0.15, -0.1) is 0 Å². The minimum absolute atomic E-state index is 0.0291. The van der Waals surface area contributed by atoms with Crippen molar-refractivity contribution in [3.63, 3.8) is 0 Å². The van der Waals surface area contributed by atoms with Crippen LogP contribution in [0.3, 0.4) is 0 Å². The molecule has 0 atom stereocenters. The zero-order chi connectivity index (χ0) is 22.8. The largest absolute Gasteiger partial charge is 0.352 e. The Balaban J connectivity index is 1.69. The quantitative estimate of drug-likeness (QED) is 0.649. The average Bonchev–Trinajstić information content (AvgIpc) is 2.77. The Kier molecular flexibility index (Phi) is 9.06. The van der Waals surface area contributed by atoms with Gasteiger partial charge >= 0.3 is 6.03 Å². The maximum Gasteiger partial charge on any atom is 0.317 e. The lowest BCUT2D eigenvalue weighted by Gasteiger charge is -2.21. The summed E-state index contributed by atoms with van der Waals surface area (Å²) >= 11 is 0. The molecule has 0 aliphatic carbocycles. The summed E-state index contributed by atoms with van der Waals surface area (Å²) in [6, 6.07) is 16.8. The number of carbonyl (C=O) groups excluding carboxylic acids is 3. The monoisotopic (exact) mass is 424 g/mol. The van der Waals surface area contributed by atoms with Crippen LogP contribution in [-0.4, -0.2) is 54.3 Å². The van der Waals surface area contributed by atoms with Crippen molar-refractivity contribution in [2.75, 3.05) is 20.6 Å². The van der Waals surface area contributed by atoms with Crippen LogP contribution in [0.2, 0.25) is 0 Å². The van der Waals surface area contributed by atoms with Gasteiger partial charge in [-0.3, -0.25) is 9.59 Å². The highest BCUT2D eigenvalue weighted by atomic mass is 16.2. The molecular formula is C24H32N4O3. The highest BCUT2D eigenvalue weighted by Gasteiger charge is 2.14. The van der Waals surface area contributed by atoms with E-state index in [2.05, 4.69) is 10.6 Å². The number of rotatable bonds is 9. The highest BCUT2D eigenvalue weighted by Crippen LogP contribution is 2.09. The predicted octanol–water partition coefficient (Wildman–Crippen LogP) is 3.01. The fourth-order valence-electron chi connectivity index (χ4n) is 2.84. The first-order chi connectivity index (χ1) is 14.8. The molecule has 2 rings (SSSR count). The average molecular weight is 425 g/mol. The number of hydrogen-bond acceptors (Lipinski definition) is 3. The lowest BCUT2D eigenvalue weighted by Crippen LogP contribution is -2.38. The third-order valence-corrected chi connectivity index (χ3v) is 5.02. The molecule has 0 bridgehead atoms. The fraction of sp³-hybridized carbons (Fsp3) is 0.375. The van der Waals surface area contributed by atoms with Gasteiger partial charge in [-0.2, -0.15) is 0 Å². The Labute approximate surface area is 184 Å². The predicted molar refractivity (Wildman–Crippen MR) is 121 cm³/mol. The van der Waals surface area contributed by atoms with E-state index in [-0.39, 0.29) is 36.9 Å². The summed E-state index contributed by atoms with van der Waals surface area (Å²) < 4.78 is 0. The van der Waals surface area contributed by atoms with E-state index in [0.29, 0.717) is 18.7 Å². The third-order valence-electron chi connectivity index (χ3n) is 5.02. The Morgan fingerprint density at radius 2 is 1.52 bits per heavy atom. The zero-order valence-corrected chi connectivity index (χ0v) is 18.7. The summed E-state index contributed by atoms with van der Waals surface area (Å²) in [7, 11) is 3.50. The molecule has 0 radical (unpaired) electrons. The first-order valence-corrected chi connectivity index (χ1v) is 10.4. The number of urea groups is 1. The molecule has 0 aliphatic rings. The van der Waals surface area contributed by atoms with E-state index in [4.69, 9.17) is 0 Å². The van der Waals surface area contributed by atoms with Crippen molar-refractivity contribution in [1.82, 2.24) is 20.4 Å². The van der Waals surface area contributed by atoms with Gasteiger partial charge in [-0.05, 0) is 37.1 Å². The van der Waals surface area contributed by atoms with Crippen LogP contribution in [0.25, 0.3) is 0 Å². The van der Waals surface area contributed by atoms with E-state index >= 15 is 0 Å². The molecule has 2 aromatic rings. The second-order valence-electron chi connectivity index (χ2n) is 7.81. The van der Waals surface area contributed by atoms with Gasteiger partial charge in [0, 0.05) is 51.8 Å². The summed E-state index contributed by atoms with van der Waals surface area (Å²) in [6.07, 6.45) is 0.195. The zero-order valence-electron chi connectivity index (χ0n) is 18.7. The van der Waals surface area contributed by atoms with Crippen molar-refractivity contribution in [1.29, 1.82) is 0 Å². The summed E-state index contributed by atoms with van der Waals surface area (Å²) in [5.74, 6) is -0.177. The molecule has 7 nitrogen and oxygen atoms in total. The third kappa shape index (κ3) is 7.77. The molecule has 31 heavy (non-hydrogen) atoms. The maximum atomic E-state index is 12.3. The van der Waals surface area contributed by atoms with E-state index in [1.54, 1.807) is 36.0 Å². The Morgan fingerprint density at radius 3 is 2.13 bits per heavy atom. The molecular weight excluding hydrogens is 392 g/mol. The first-order valence-electron chi connectivity index (χ1n) is 10.4. The van der Waals surface area contributed by atoms with Crippen LogP contribution in [-0.2, 0) is 17.9 Å². The van der Waals surface area contributed by atoms with Crippen LogP contribution in [0.5, 0.6) is 0 Å². The van der Waals surface area contributed by atoms with E-state index in [0.717, 1.165) is 11.1 Å². The number of nitrogens with zero attached hydrogens (tertiary/aromatic N) is 2. The molecule has 0 aliphatic heterocycles. The van der Waals surface area contributed by atoms with Gasteiger partial charge in [0.1, 0.15) is 0 Å². The van der Waals surface area contributed by atoms with E-state index < -0.39 is 0 Å². The van der Waals surface area contributed by atoms with Gasteiger partial charge in [0.05, 0.1) is 0 Å². The van der Waals surface area contributed by atoms with Crippen LogP contribution in [0.15, 0.2) is 54.6 Å². The number of benzene rings is 2. The summed E-state index contributed by atoms with van der Waals surface area (Å²) in [4.78, 5) is 39.8. The van der Waals surface area contributed by atoms with Crippen molar-refractivity contribution >= 4 is 17.8 Å². The minimum atomic E-state index is -0.219. The van der Waals surface area contributed by atoms with Gasteiger partial charge in [-0.1, -0.05) is 42.5 Å². The Hall–Kier alpha value is -3.35. The van der Waals surface area contributed by atoms with Crippen molar-refractivity contribution in [3.8, 4) is 0 Å². The molecule has 0 heterocycles. The smallest absolute Gasteiger partial charge is 0.317 e. The summed E-state index contributed by atoms with van der Waals surface area (Å²) in [5.41, 5.74) is 2.57. The molecule has 4 amide bonds. The van der Waals surface area contributed by atoms with Crippen molar-refractivity contribution < 1.29 is 14.4 Å². The fourth-order valence-corrected chi connectivity index (χ4v) is 2.84. The van der Waals surface area contributed by atoms with Gasteiger partial charge in [0.15, 0.2) is 0 Å². The SMILES string of the molecule is CC(C)N(C)C(=O)c1ccc(CNC(=O)CCNC(=O)N(C)Cc2ccccc2)cc1. The van der Waals surface area contributed by atoms with Gasteiger partial charge in [0.2, 0.25) is 5.91 Å². The Bertz CT molecular complexity index is 866. The van der Waals surface area contributed by atoms with Crippen LogP contribution in [0.4, 0.5) is 4.79 Å². The van der Waals surface area contributed by atoms with Gasteiger partial charge in [0.25, 0.3) is 5.91 Å². The standard InChI is InChI=1S/C24H32N4O3/c1-18(2)28(4)23(30)21-12-10-19(11-13-21)16-26-22(29)14-15-25-24(31)27(3)17-20-8-6-5-7-9-20/h5-13,18H,14-17H2,1-4H3,(H,25,31)(H,26,29). The minimum Gasteiger partial charge on any atom is -0.352 e. The van der Waals surface area contributed by atoms with Crippen molar-refractivity contribution in [2.24, 2.45) is 0 Å². The van der Waals surface area contributed by atoms with E-state index in [9.17, 15) is 14.4 Å². The van der Waals surface area contributed by atoms with E-state index in [1.807, 2.05) is 56.3 Å². The molecule has 2 N–H and O–H groups in total. The topological polar surface area (TPSA) is 81.8 Å². The van der Waals surface area contributed by atoms with Crippen LogP contribution < -0.4 is 10.6 Å². The van der Waals surface area contributed by atoms with Gasteiger partial charge < -0.3 is 20.4 Å². The molecule has 0 spiro atoms. The maximum absolute atomic E-state index is 12.3. The highest BCUT2D eigenvalue weighted by molar-refractivity contribution is 5.94. The normalized spacial score (nSPS) is 10.5. The first kappa shape index (κ1) is 23.9. The van der Waals surface area contributed by atoms with Crippen LogP contribution in [0.1, 0.15) is 41.8 Å². The molecule has 7 heteroatoms. The second-order valence-corrected chi connectivity index (χ2v) is 7.81.